The van der Waals surface area contributed by atoms with E-state index >= 15 is 0 Å². The molecule has 1 aliphatic heterocycles. The standard InChI is InChI=1S/C17H17N/c1-2-4-13-7-14(6-5-12(13)3-1)15-8-16-10-18-11-17(16)9-15/h1-8,16-18H,9-11H2. The van der Waals surface area contributed by atoms with E-state index in [9.17, 15) is 0 Å². The van der Waals surface area contributed by atoms with Gasteiger partial charge in [-0.05, 0) is 52.8 Å². The van der Waals surface area contributed by atoms with Crippen LogP contribution in [0.4, 0.5) is 0 Å². The van der Waals surface area contributed by atoms with Crippen LogP contribution >= 0.6 is 0 Å². The summed E-state index contributed by atoms with van der Waals surface area (Å²) < 4.78 is 0. The molecule has 1 N–H and O–H groups in total. The fraction of sp³-hybridized carbons (Fsp3) is 0.294. The van der Waals surface area contributed by atoms with Gasteiger partial charge in [-0.2, -0.15) is 0 Å². The van der Waals surface area contributed by atoms with Crippen molar-refractivity contribution in [1.29, 1.82) is 0 Å². The number of rotatable bonds is 1. The minimum atomic E-state index is 0.770. The van der Waals surface area contributed by atoms with Gasteiger partial charge in [-0.15, -0.1) is 0 Å². The summed E-state index contributed by atoms with van der Waals surface area (Å²) >= 11 is 0. The summed E-state index contributed by atoms with van der Waals surface area (Å²) in [5, 5.41) is 6.17. The molecule has 0 aromatic heterocycles. The second kappa shape index (κ2) is 3.96. The molecule has 2 unspecified atom stereocenters. The topological polar surface area (TPSA) is 12.0 Å². The lowest BCUT2D eigenvalue weighted by Crippen LogP contribution is -2.09. The van der Waals surface area contributed by atoms with Gasteiger partial charge in [0.05, 0.1) is 0 Å². The van der Waals surface area contributed by atoms with E-state index in [0.717, 1.165) is 11.8 Å². The maximum atomic E-state index is 3.48. The van der Waals surface area contributed by atoms with E-state index in [4.69, 9.17) is 0 Å². The normalized spacial score (nSPS) is 26.3. The Labute approximate surface area is 108 Å². The third kappa shape index (κ3) is 1.58. The molecule has 1 fully saturated rings. The number of nitrogens with one attached hydrogen (secondary N) is 1. The van der Waals surface area contributed by atoms with Crippen molar-refractivity contribution < 1.29 is 0 Å². The molecule has 2 aromatic carbocycles. The number of allylic oxidation sites excluding steroid dienone is 1. The first-order chi connectivity index (χ1) is 8.90. The molecule has 0 saturated carbocycles. The first-order valence-electron chi connectivity index (χ1n) is 6.81. The Bertz CT molecular complexity index is 626. The van der Waals surface area contributed by atoms with E-state index in [2.05, 4.69) is 53.9 Å². The average Bonchev–Trinajstić information content (AvgIpc) is 2.99. The van der Waals surface area contributed by atoms with E-state index in [1.54, 1.807) is 5.57 Å². The highest BCUT2D eigenvalue weighted by Gasteiger charge is 2.31. The van der Waals surface area contributed by atoms with Gasteiger partial charge in [0.15, 0.2) is 0 Å². The minimum Gasteiger partial charge on any atom is -0.316 e. The Balaban J connectivity index is 1.75. The molecule has 2 aromatic rings. The zero-order chi connectivity index (χ0) is 11.9. The highest BCUT2D eigenvalue weighted by atomic mass is 14.9. The molecule has 1 heteroatoms. The Morgan fingerprint density at radius 2 is 1.83 bits per heavy atom. The lowest BCUT2D eigenvalue weighted by atomic mass is 9.97. The Morgan fingerprint density at radius 3 is 2.72 bits per heavy atom. The van der Waals surface area contributed by atoms with Gasteiger partial charge in [-0.1, -0.05) is 42.5 Å². The lowest BCUT2D eigenvalue weighted by molar-refractivity contribution is 0.536. The van der Waals surface area contributed by atoms with Crippen LogP contribution in [0.2, 0.25) is 0 Å². The summed E-state index contributed by atoms with van der Waals surface area (Å²) in [6.45, 7) is 2.36. The van der Waals surface area contributed by atoms with Crippen LogP contribution in [0.25, 0.3) is 16.3 Å². The Morgan fingerprint density at radius 1 is 0.944 bits per heavy atom. The molecule has 1 saturated heterocycles. The third-order valence-corrected chi connectivity index (χ3v) is 4.41. The van der Waals surface area contributed by atoms with Crippen LogP contribution in [-0.4, -0.2) is 13.1 Å². The summed E-state index contributed by atoms with van der Waals surface area (Å²) in [6.07, 6.45) is 3.74. The predicted molar refractivity (Wildman–Crippen MR) is 76.4 cm³/mol. The molecule has 1 aliphatic carbocycles. The Kier molecular flexibility index (Phi) is 2.27. The second-order valence-electron chi connectivity index (χ2n) is 5.54. The number of hydrogen-bond donors (Lipinski definition) is 1. The van der Waals surface area contributed by atoms with Crippen LogP contribution in [0.1, 0.15) is 12.0 Å². The van der Waals surface area contributed by atoms with E-state index in [-0.39, 0.29) is 0 Å². The fourth-order valence-electron chi connectivity index (χ4n) is 3.38. The van der Waals surface area contributed by atoms with Crippen molar-refractivity contribution in [3.8, 4) is 0 Å². The number of benzene rings is 2. The molecule has 18 heavy (non-hydrogen) atoms. The van der Waals surface area contributed by atoms with Crippen molar-refractivity contribution in [2.45, 2.75) is 6.42 Å². The monoisotopic (exact) mass is 235 g/mol. The first kappa shape index (κ1) is 10.3. The molecule has 1 heterocycles. The molecule has 4 rings (SSSR count). The molecule has 0 amide bonds. The van der Waals surface area contributed by atoms with E-state index in [1.165, 1.54) is 35.8 Å². The molecule has 0 bridgehead atoms. The van der Waals surface area contributed by atoms with Crippen LogP contribution in [0.5, 0.6) is 0 Å². The summed E-state index contributed by atoms with van der Waals surface area (Å²) in [4.78, 5) is 0. The molecule has 0 radical (unpaired) electrons. The highest BCUT2D eigenvalue weighted by Crippen LogP contribution is 2.38. The molecule has 0 spiro atoms. The summed E-state index contributed by atoms with van der Waals surface area (Å²) in [5.74, 6) is 1.61. The fourth-order valence-corrected chi connectivity index (χ4v) is 3.38. The van der Waals surface area contributed by atoms with Gasteiger partial charge in [-0.3, -0.25) is 0 Å². The maximum Gasteiger partial charge on any atom is 0.00178 e. The molecule has 2 atom stereocenters. The van der Waals surface area contributed by atoms with Gasteiger partial charge in [0.2, 0.25) is 0 Å². The lowest BCUT2D eigenvalue weighted by Gasteiger charge is -2.07. The van der Waals surface area contributed by atoms with Crippen molar-refractivity contribution in [1.82, 2.24) is 5.32 Å². The predicted octanol–water partition coefficient (Wildman–Crippen LogP) is 3.46. The van der Waals surface area contributed by atoms with Crippen LogP contribution in [0.3, 0.4) is 0 Å². The maximum absolute atomic E-state index is 3.48. The van der Waals surface area contributed by atoms with Crippen LogP contribution in [-0.2, 0) is 0 Å². The van der Waals surface area contributed by atoms with E-state index < -0.39 is 0 Å². The van der Waals surface area contributed by atoms with Crippen molar-refractivity contribution in [3.63, 3.8) is 0 Å². The van der Waals surface area contributed by atoms with Crippen molar-refractivity contribution >= 4 is 16.3 Å². The highest BCUT2D eigenvalue weighted by molar-refractivity contribution is 5.86. The zero-order valence-corrected chi connectivity index (χ0v) is 10.4. The molecule has 1 nitrogen and oxygen atoms in total. The average molecular weight is 235 g/mol. The van der Waals surface area contributed by atoms with Gasteiger partial charge < -0.3 is 5.32 Å². The summed E-state index contributed by atoms with van der Waals surface area (Å²) in [7, 11) is 0. The van der Waals surface area contributed by atoms with Crippen molar-refractivity contribution in [3.05, 3.63) is 54.1 Å². The minimum absolute atomic E-state index is 0.770. The van der Waals surface area contributed by atoms with Gasteiger partial charge in [0.25, 0.3) is 0 Å². The quantitative estimate of drug-likeness (QED) is 0.798. The third-order valence-electron chi connectivity index (χ3n) is 4.41. The molecule has 2 aliphatic rings. The molecular formula is C17H17N. The van der Waals surface area contributed by atoms with Gasteiger partial charge in [0.1, 0.15) is 0 Å². The SMILES string of the molecule is C1=C(c2ccc3ccccc3c2)CC2CNCC12. The van der Waals surface area contributed by atoms with Crippen molar-refractivity contribution in [2.75, 3.05) is 13.1 Å². The smallest absolute Gasteiger partial charge is 0.00178 e. The van der Waals surface area contributed by atoms with Gasteiger partial charge >= 0.3 is 0 Å². The molecular weight excluding hydrogens is 218 g/mol. The van der Waals surface area contributed by atoms with Gasteiger partial charge in [-0.25, -0.2) is 0 Å². The summed E-state index contributed by atoms with van der Waals surface area (Å²) in [5.41, 5.74) is 2.97. The van der Waals surface area contributed by atoms with Crippen LogP contribution in [0, 0.1) is 11.8 Å². The first-order valence-corrected chi connectivity index (χ1v) is 6.81. The Hall–Kier alpha value is -1.60. The largest absolute Gasteiger partial charge is 0.316 e. The number of hydrogen-bond acceptors (Lipinski definition) is 1. The zero-order valence-electron chi connectivity index (χ0n) is 10.4. The van der Waals surface area contributed by atoms with E-state index in [1.807, 2.05) is 0 Å². The second-order valence-corrected chi connectivity index (χ2v) is 5.54. The van der Waals surface area contributed by atoms with Crippen LogP contribution in [0.15, 0.2) is 48.5 Å². The van der Waals surface area contributed by atoms with E-state index in [0.29, 0.717) is 0 Å². The van der Waals surface area contributed by atoms with Gasteiger partial charge in [0, 0.05) is 6.54 Å². The number of fused-ring (bicyclic) bond motifs is 2. The van der Waals surface area contributed by atoms with Crippen molar-refractivity contribution in [2.24, 2.45) is 11.8 Å². The molecule has 90 valence electrons. The summed E-state index contributed by atoms with van der Waals surface area (Å²) in [6, 6.07) is 15.5. The van der Waals surface area contributed by atoms with Crippen LogP contribution < -0.4 is 5.32 Å².